The normalized spacial score (nSPS) is 16.1. The molecule has 0 radical (unpaired) electrons. The molecule has 0 amide bonds. The van der Waals surface area contributed by atoms with E-state index in [1.807, 2.05) is 0 Å². The van der Waals surface area contributed by atoms with Gasteiger partial charge in [-0.15, -0.1) is 0 Å². The average Bonchev–Trinajstić information content (AvgIpc) is 3.24. The molecular formula is C15H10N5O7-. The molecule has 2 heterocycles. The number of methoxy groups -OCH3 is 1. The zero-order valence-electron chi connectivity index (χ0n) is 13.6. The SMILES string of the molecule is COc1cccc2[nH]cc(C3C([N+](=O)[O-])=CC(=[N+]([O-])[O-])c4no[n+]([O-])c43)c12. The topological polar surface area (TPSA) is 170 Å². The highest BCUT2D eigenvalue weighted by Crippen LogP contribution is 2.41. The van der Waals surface area contributed by atoms with Gasteiger partial charge in [-0.25, -0.2) is 0 Å². The summed E-state index contributed by atoms with van der Waals surface area (Å²) in [7, 11) is 1.44. The van der Waals surface area contributed by atoms with Crippen LogP contribution >= 0.6 is 0 Å². The van der Waals surface area contributed by atoms with Gasteiger partial charge in [0.1, 0.15) is 11.7 Å². The Morgan fingerprint density at radius 2 is 2.11 bits per heavy atom. The molecule has 0 saturated heterocycles. The summed E-state index contributed by atoms with van der Waals surface area (Å²) < 4.78 is 9.84. The van der Waals surface area contributed by atoms with E-state index in [1.54, 1.807) is 18.2 Å². The second kappa shape index (κ2) is 5.72. The number of hydrogen-bond acceptors (Lipinski definition) is 8. The first-order valence-corrected chi connectivity index (χ1v) is 7.55. The Morgan fingerprint density at radius 3 is 2.78 bits per heavy atom. The van der Waals surface area contributed by atoms with Crippen molar-refractivity contribution in [2.75, 3.05) is 7.11 Å². The van der Waals surface area contributed by atoms with Gasteiger partial charge in [0, 0.05) is 22.7 Å². The van der Waals surface area contributed by atoms with Gasteiger partial charge in [0.15, 0.2) is 0 Å². The lowest BCUT2D eigenvalue weighted by Crippen LogP contribution is -2.36. The molecule has 4 rings (SSSR count). The van der Waals surface area contributed by atoms with Gasteiger partial charge < -0.3 is 25.3 Å². The van der Waals surface area contributed by atoms with Crippen LogP contribution in [0.3, 0.4) is 0 Å². The lowest BCUT2D eigenvalue weighted by molar-refractivity contribution is -0.808. The number of hydrogen-bond donors (Lipinski definition) is 1. The Labute approximate surface area is 149 Å². The quantitative estimate of drug-likeness (QED) is 0.401. The minimum Gasteiger partial charge on any atom is -0.612 e. The number of aromatic amines is 1. The zero-order valence-corrected chi connectivity index (χ0v) is 13.6. The molecule has 1 aliphatic carbocycles. The minimum absolute atomic E-state index is 0.0474. The molecule has 1 unspecified atom stereocenters. The number of nitrogens with one attached hydrogen (secondary N) is 1. The van der Waals surface area contributed by atoms with Crippen LogP contribution in [0.2, 0.25) is 0 Å². The predicted octanol–water partition coefficient (Wildman–Crippen LogP) is 0.901. The fourth-order valence-corrected chi connectivity index (χ4v) is 3.29. The maximum atomic E-state index is 12.2. The molecular weight excluding hydrogens is 362 g/mol. The molecule has 0 spiro atoms. The zero-order chi connectivity index (χ0) is 19.3. The predicted molar refractivity (Wildman–Crippen MR) is 88.3 cm³/mol. The van der Waals surface area contributed by atoms with Gasteiger partial charge in [-0.1, -0.05) is 6.07 Å². The summed E-state index contributed by atoms with van der Waals surface area (Å²) in [6, 6.07) is 5.12. The van der Waals surface area contributed by atoms with Crippen molar-refractivity contribution in [2.45, 2.75) is 5.92 Å². The minimum atomic E-state index is -1.24. The van der Waals surface area contributed by atoms with Crippen LogP contribution in [0.1, 0.15) is 22.9 Å². The number of H-pyrrole nitrogens is 1. The standard InChI is InChI=1S/C15H10N5O7/c1-26-11-4-2-3-8-12(11)7(6-16-8)13-9(18(21)22)5-10(19(23)24)14-15(13)20(25)27-17-14/h2-6,13,16H,1H3/q-1. The third-order valence-corrected chi connectivity index (χ3v) is 4.38. The summed E-state index contributed by atoms with van der Waals surface area (Å²) >= 11 is 0. The first-order chi connectivity index (χ1) is 12.9. The summed E-state index contributed by atoms with van der Waals surface area (Å²) in [4.78, 5) is 13.0. The van der Waals surface area contributed by atoms with Gasteiger partial charge in [-0.3, -0.25) is 14.7 Å². The lowest BCUT2D eigenvalue weighted by Gasteiger charge is -2.16. The van der Waals surface area contributed by atoms with Crippen molar-refractivity contribution in [1.29, 1.82) is 0 Å². The summed E-state index contributed by atoms with van der Waals surface area (Å²) in [5.41, 5.74) is -0.960. The number of nitro groups is 1. The first kappa shape index (κ1) is 16.4. The molecule has 0 saturated carbocycles. The molecule has 0 aliphatic heterocycles. The number of nitrogens with zero attached hydrogens (tertiary/aromatic N) is 4. The molecule has 0 bridgehead atoms. The van der Waals surface area contributed by atoms with Crippen LogP contribution < -0.4 is 9.64 Å². The molecule has 27 heavy (non-hydrogen) atoms. The van der Waals surface area contributed by atoms with Gasteiger partial charge in [-0.2, -0.15) is 4.90 Å². The second-order valence-electron chi connectivity index (χ2n) is 5.69. The van der Waals surface area contributed by atoms with E-state index in [9.17, 15) is 25.7 Å². The van der Waals surface area contributed by atoms with Gasteiger partial charge >= 0.3 is 5.69 Å². The Morgan fingerprint density at radius 1 is 1.33 bits per heavy atom. The van der Waals surface area contributed by atoms with E-state index >= 15 is 0 Å². The molecule has 3 aromatic rings. The molecule has 138 valence electrons. The molecule has 1 N–H and O–H groups in total. The monoisotopic (exact) mass is 372 g/mol. The van der Waals surface area contributed by atoms with Gasteiger partial charge in [0.2, 0.25) is 5.69 Å². The summed E-state index contributed by atoms with van der Waals surface area (Å²) in [5.74, 6) is -0.821. The molecule has 2 aromatic heterocycles. The Balaban J connectivity index is 2.08. The number of rotatable bonds is 3. The van der Waals surface area contributed by atoms with Crippen molar-refractivity contribution in [2.24, 2.45) is 0 Å². The Hall–Kier alpha value is -4.09. The highest BCUT2D eigenvalue weighted by Gasteiger charge is 2.48. The van der Waals surface area contributed by atoms with Crippen LogP contribution in [0.25, 0.3) is 10.9 Å². The third kappa shape index (κ3) is 2.27. The Bertz CT molecular complexity index is 1140. The van der Waals surface area contributed by atoms with Crippen molar-refractivity contribution in [3.8, 4) is 5.75 Å². The van der Waals surface area contributed by atoms with E-state index < -0.39 is 27.2 Å². The van der Waals surface area contributed by atoms with Crippen LogP contribution in [0.4, 0.5) is 0 Å². The van der Waals surface area contributed by atoms with Crippen molar-refractivity contribution < 1.29 is 24.1 Å². The van der Waals surface area contributed by atoms with E-state index in [0.717, 1.165) is 6.08 Å². The van der Waals surface area contributed by atoms with Gasteiger partial charge in [0.05, 0.1) is 23.3 Å². The fraction of sp³-hybridized carbons (Fsp3) is 0.133. The third-order valence-electron chi connectivity index (χ3n) is 4.38. The molecule has 12 nitrogen and oxygen atoms in total. The molecule has 1 atom stereocenters. The van der Waals surface area contributed by atoms with E-state index in [4.69, 9.17) is 4.74 Å². The van der Waals surface area contributed by atoms with Crippen LogP contribution in [0.5, 0.6) is 5.75 Å². The maximum absolute atomic E-state index is 12.2. The highest BCUT2D eigenvalue weighted by atomic mass is 16.8. The summed E-state index contributed by atoms with van der Waals surface area (Å²) in [6.45, 7) is 0. The molecule has 1 aromatic carbocycles. The lowest BCUT2D eigenvalue weighted by atomic mass is 9.85. The number of allylic oxidation sites excluding steroid dienone is 2. The number of fused-ring (bicyclic) bond motifs is 2. The smallest absolute Gasteiger partial charge is 0.318 e. The van der Waals surface area contributed by atoms with Crippen LogP contribution in [0.15, 0.2) is 40.8 Å². The van der Waals surface area contributed by atoms with Crippen LogP contribution in [0, 0.1) is 25.7 Å². The molecule has 0 fully saturated rings. The maximum Gasteiger partial charge on any atom is 0.318 e. The van der Waals surface area contributed by atoms with Crippen molar-refractivity contribution >= 4 is 16.6 Å². The van der Waals surface area contributed by atoms with Crippen LogP contribution in [-0.4, -0.2) is 32.8 Å². The van der Waals surface area contributed by atoms with Crippen molar-refractivity contribution in [3.63, 3.8) is 0 Å². The summed E-state index contributed by atoms with van der Waals surface area (Å²) in [6.07, 6.45) is 2.28. The van der Waals surface area contributed by atoms with Crippen molar-refractivity contribution in [1.82, 2.24) is 10.1 Å². The van der Waals surface area contributed by atoms with Gasteiger partial charge in [-0.05, 0) is 17.0 Å². The number of benzene rings is 1. The number of aromatic nitrogens is 3. The highest BCUT2D eigenvalue weighted by molar-refractivity contribution is 6.06. The van der Waals surface area contributed by atoms with Gasteiger partial charge in [0.25, 0.3) is 11.4 Å². The number of ether oxygens (including phenoxy) is 1. The van der Waals surface area contributed by atoms with E-state index in [-0.39, 0.29) is 16.3 Å². The Kier molecular flexibility index (Phi) is 3.47. The second-order valence-corrected chi connectivity index (χ2v) is 5.69. The van der Waals surface area contributed by atoms with E-state index in [1.165, 1.54) is 13.3 Å². The van der Waals surface area contributed by atoms with E-state index in [0.29, 0.717) is 22.2 Å². The fourth-order valence-electron chi connectivity index (χ4n) is 3.29. The summed E-state index contributed by atoms with van der Waals surface area (Å²) in [5, 5.41) is 50.3. The average molecular weight is 372 g/mol. The molecule has 12 heteroatoms. The van der Waals surface area contributed by atoms with Crippen LogP contribution in [-0.2, 0) is 0 Å². The largest absolute Gasteiger partial charge is 0.612 e. The van der Waals surface area contributed by atoms with Crippen molar-refractivity contribution in [3.05, 3.63) is 78.9 Å². The van der Waals surface area contributed by atoms with E-state index in [2.05, 4.69) is 14.8 Å². The first-order valence-electron chi connectivity index (χ1n) is 7.55. The molecule has 1 aliphatic rings.